The number of carboxylic acid groups (broad SMARTS) is 1. The number of likely N-dealkylation sites (tertiary alicyclic amines) is 1. The van der Waals surface area contributed by atoms with E-state index >= 15 is 0 Å². The lowest BCUT2D eigenvalue weighted by molar-refractivity contribution is -0.132. The van der Waals surface area contributed by atoms with Crippen molar-refractivity contribution in [3.05, 3.63) is 23.8 Å². The number of carbonyl (C=O) groups is 1. The third-order valence-corrected chi connectivity index (χ3v) is 4.74. The van der Waals surface area contributed by atoms with Gasteiger partial charge in [0, 0.05) is 19.6 Å². The van der Waals surface area contributed by atoms with E-state index in [1.165, 1.54) is 32.4 Å². The van der Waals surface area contributed by atoms with Gasteiger partial charge < -0.3 is 19.6 Å². The van der Waals surface area contributed by atoms with Gasteiger partial charge in [-0.25, -0.2) is 4.79 Å². The van der Waals surface area contributed by atoms with Crippen LogP contribution < -0.4 is 0 Å². The fraction of sp³-hybridized carbons (Fsp3) is 0.722. The lowest BCUT2D eigenvalue weighted by Gasteiger charge is -2.30. The Bertz CT molecular complexity index is 455. The van der Waals surface area contributed by atoms with Gasteiger partial charge in [0.15, 0.2) is 0 Å². The Kier molecular flexibility index (Phi) is 6.81. The zero-order valence-electron chi connectivity index (χ0n) is 14.5. The van der Waals surface area contributed by atoms with Crippen LogP contribution in [0, 0.1) is 0 Å². The van der Waals surface area contributed by atoms with Crippen LogP contribution in [0.5, 0.6) is 0 Å². The highest BCUT2D eigenvalue weighted by Gasteiger charge is 2.24. The van der Waals surface area contributed by atoms with Gasteiger partial charge >= 0.3 is 5.97 Å². The van der Waals surface area contributed by atoms with Crippen molar-refractivity contribution in [1.29, 1.82) is 0 Å². The number of hydrogen-bond donors (Lipinski definition) is 1. The van der Waals surface area contributed by atoms with Crippen LogP contribution in [0.2, 0.25) is 0 Å². The number of carboxylic acids is 1. The highest BCUT2D eigenvalue weighted by molar-refractivity contribution is 5.90. The van der Waals surface area contributed by atoms with E-state index in [0.717, 1.165) is 19.6 Å². The number of piperidine rings is 1. The van der Waals surface area contributed by atoms with E-state index in [1.54, 1.807) is 12.2 Å². The van der Waals surface area contributed by atoms with Crippen molar-refractivity contribution in [2.75, 3.05) is 46.4 Å². The van der Waals surface area contributed by atoms with E-state index in [0.29, 0.717) is 18.6 Å². The van der Waals surface area contributed by atoms with E-state index in [9.17, 15) is 4.79 Å². The molecule has 2 rings (SSSR count). The molecule has 1 fully saturated rings. The maximum absolute atomic E-state index is 10.9. The average molecular weight is 322 g/mol. The van der Waals surface area contributed by atoms with Gasteiger partial charge in [0.25, 0.3) is 0 Å². The molecule has 0 bridgehead atoms. The Hall–Kier alpha value is -1.17. The molecule has 0 aromatic carbocycles. The molecule has 5 heteroatoms. The van der Waals surface area contributed by atoms with Crippen molar-refractivity contribution >= 4 is 5.97 Å². The summed E-state index contributed by atoms with van der Waals surface area (Å²) in [4.78, 5) is 15.8. The van der Waals surface area contributed by atoms with Crippen LogP contribution in [0.4, 0.5) is 0 Å². The summed E-state index contributed by atoms with van der Waals surface area (Å²) in [5.74, 6) is -0.874. The van der Waals surface area contributed by atoms with E-state index in [1.807, 2.05) is 13.0 Å². The summed E-state index contributed by atoms with van der Waals surface area (Å²) in [6.45, 7) is 8.25. The number of hydrogen-bond acceptors (Lipinski definition) is 4. The average Bonchev–Trinajstić information content (AvgIpc) is 2.54. The molecule has 1 saturated heterocycles. The van der Waals surface area contributed by atoms with Crippen LogP contribution in [0.1, 0.15) is 32.6 Å². The molecule has 0 aromatic rings. The quantitative estimate of drug-likeness (QED) is 0.742. The van der Waals surface area contributed by atoms with Gasteiger partial charge in [-0.2, -0.15) is 0 Å². The lowest BCUT2D eigenvalue weighted by atomic mass is 9.94. The van der Waals surface area contributed by atoms with E-state index < -0.39 is 5.97 Å². The van der Waals surface area contributed by atoms with Crippen LogP contribution in [-0.4, -0.2) is 72.9 Å². The van der Waals surface area contributed by atoms with Crippen molar-refractivity contribution in [2.45, 2.75) is 38.2 Å². The summed E-state index contributed by atoms with van der Waals surface area (Å²) in [6.07, 6.45) is 9.91. The summed E-state index contributed by atoms with van der Waals surface area (Å²) in [7, 11) is 2.13. The number of aliphatic carboxylic acids is 1. The van der Waals surface area contributed by atoms with E-state index in [-0.39, 0.29) is 5.60 Å². The molecule has 1 atom stereocenters. The Balaban J connectivity index is 1.62. The number of nitrogens with zero attached hydrogens (tertiary/aromatic N) is 2. The Morgan fingerprint density at radius 3 is 2.70 bits per heavy atom. The standard InChI is InChI=1S/C18H30N2O3/c1-18(8-6-16(7-9-18)17(21)22)23-15-14-19(2)12-13-20-10-4-3-5-11-20/h6-8H,3-5,9-15H2,1-2H3,(H,21,22). The minimum absolute atomic E-state index is 0.352. The van der Waals surface area contributed by atoms with Gasteiger partial charge in [-0.05, 0) is 52.4 Å². The third kappa shape index (κ3) is 6.09. The van der Waals surface area contributed by atoms with Crippen LogP contribution >= 0.6 is 0 Å². The maximum atomic E-state index is 10.9. The molecule has 5 nitrogen and oxygen atoms in total. The van der Waals surface area contributed by atoms with Gasteiger partial charge in [-0.15, -0.1) is 0 Å². The summed E-state index contributed by atoms with van der Waals surface area (Å²) < 4.78 is 5.98. The van der Waals surface area contributed by atoms with Crippen molar-refractivity contribution in [2.24, 2.45) is 0 Å². The fourth-order valence-electron chi connectivity index (χ4n) is 3.02. The third-order valence-electron chi connectivity index (χ3n) is 4.74. The van der Waals surface area contributed by atoms with Crippen LogP contribution in [0.25, 0.3) is 0 Å². The van der Waals surface area contributed by atoms with Gasteiger partial charge in [0.2, 0.25) is 0 Å². The monoisotopic (exact) mass is 322 g/mol. The first-order valence-corrected chi connectivity index (χ1v) is 8.66. The highest BCUT2D eigenvalue weighted by Crippen LogP contribution is 2.24. The van der Waals surface area contributed by atoms with E-state index in [2.05, 4.69) is 16.8 Å². The second kappa shape index (κ2) is 8.62. The number of rotatable bonds is 8. The number of ether oxygens (including phenoxy) is 1. The predicted octanol–water partition coefficient (Wildman–Crippen LogP) is 2.15. The van der Waals surface area contributed by atoms with Crippen molar-refractivity contribution < 1.29 is 14.6 Å². The maximum Gasteiger partial charge on any atom is 0.335 e. The van der Waals surface area contributed by atoms with Gasteiger partial charge in [-0.1, -0.05) is 18.6 Å². The largest absolute Gasteiger partial charge is 0.478 e. The fourth-order valence-corrected chi connectivity index (χ4v) is 3.02. The molecule has 0 saturated carbocycles. The minimum atomic E-state index is -0.874. The molecule has 130 valence electrons. The second-order valence-corrected chi connectivity index (χ2v) is 6.87. The molecule has 1 aliphatic heterocycles. The molecule has 2 aliphatic rings. The van der Waals surface area contributed by atoms with Crippen molar-refractivity contribution in [3.63, 3.8) is 0 Å². The van der Waals surface area contributed by atoms with Crippen molar-refractivity contribution in [1.82, 2.24) is 9.80 Å². The van der Waals surface area contributed by atoms with Crippen LogP contribution in [0.15, 0.2) is 23.8 Å². The second-order valence-electron chi connectivity index (χ2n) is 6.87. The minimum Gasteiger partial charge on any atom is -0.478 e. The SMILES string of the molecule is CN(CCOC1(C)C=CC(C(=O)O)=CC1)CCN1CCCCC1. The zero-order chi connectivity index (χ0) is 16.7. The van der Waals surface area contributed by atoms with Crippen LogP contribution in [0.3, 0.4) is 0 Å². The molecule has 1 unspecified atom stereocenters. The van der Waals surface area contributed by atoms with Gasteiger partial charge in [0.05, 0.1) is 17.8 Å². The summed E-state index contributed by atoms with van der Waals surface area (Å²) in [6, 6.07) is 0. The topological polar surface area (TPSA) is 53.0 Å². The summed E-state index contributed by atoms with van der Waals surface area (Å²) >= 11 is 0. The Labute approximate surface area is 139 Å². The smallest absolute Gasteiger partial charge is 0.335 e. The summed E-state index contributed by atoms with van der Waals surface area (Å²) in [5, 5.41) is 8.95. The van der Waals surface area contributed by atoms with Gasteiger partial charge in [0.1, 0.15) is 0 Å². The number of likely N-dealkylation sites (N-methyl/N-ethyl adjacent to an activating group) is 1. The molecule has 0 spiro atoms. The molecule has 1 heterocycles. The van der Waals surface area contributed by atoms with E-state index in [4.69, 9.17) is 9.84 Å². The summed E-state index contributed by atoms with van der Waals surface area (Å²) in [5.41, 5.74) is -0.0307. The molecular formula is C18H30N2O3. The normalized spacial score (nSPS) is 25.6. The molecule has 1 aliphatic carbocycles. The molecule has 0 aromatic heterocycles. The Morgan fingerprint density at radius 2 is 2.09 bits per heavy atom. The molecular weight excluding hydrogens is 292 g/mol. The Morgan fingerprint density at radius 1 is 1.35 bits per heavy atom. The molecule has 0 amide bonds. The first-order valence-electron chi connectivity index (χ1n) is 8.66. The first-order chi connectivity index (χ1) is 11.0. The van der Waals surface area contributed by atoms with Crippen LogP contribution in [-0.2, 0) is 9.53 Å². The molecule has 0 radical (unpaired) electrons. The molecule has 1 N–H and O–H groups in total. The van der Waals surface area contributed by atoms with Crippen molar-refractivity contribution in [3.8, 4) is 0 Å². The molecule has 23 heavy (non-hydrogen) atoms. The lowest BCUT2D eigenvalue weighted by Crippen LogP contribution is -2.38. The zero-order valence-corrected chi connectivity index (χ0v) is 14.5. The first kappa shape index (κ1) is 18.2. The predicted molar refractivity (Wildman–Crippen MR) is 91.6 cm³/mol. The van der Waals surface area contributed by atoms with Gasteiger partial charge in [-0.3, -0.25) is 0 Å². The highest BCUT2D eigenvalue weighted by atomic mass is 16.5.